The molecule has 0 fully saturated rings. The van der Waals surface area contributed by atoms with E-state index in [0.29, 0.717) is 0 Å². The van der Waals surface area contributed by atoms with Gasteiger partial charge in [0.15, 0.2) is 0 Å². The zero-order valence-electron chi connectivity index (χ0n) is 4.44. The maximum atomic E-state index is 9.24. The van der Waals surface area contributed by atoms with Crippen molar-refractivity contribution >= 4 is 63.5 Å². The van der Waals surface area contributed by atoms with Crippen LogP contribution in [0, 0.1) is 0 Å². The van der Waals surface area contributed by atoms with Crippen molar-refractivity contribution in [2.45, 2.75) is 0 Å². The number of aliphatic carboxylic acids is 1. The number of hydrogen-bond donors (Lipinski definition) is 4. The fourth-order valence-electron chi connectivity index (χ4n) is 0. The molecule has 0 spiro atoms. The Morgan fingerprint density at radius 1 is 1.20 bits per heavy atom. The molecule has 0 unspecified atom stereocenters. The van der Waals surface area contributed by atoms with E-state index in [1.807, 2.05) is 0 Å². The minimum atomic E-state index is -1.83. The fraction of sp³-hybridized carbons (Fsp3) is 0.333. The van der Waals surface area contributed by atoms with Crippen LogP contribution in [0.1, 0.15) is 0 Å². The summed E-state index contributed by atoms with van der Waals surface area (Å²) in [5, 5.41) is 21.5. The first-order valence-electron chi connectivity index (χ1n) is 1.84. The van der Waals surface area contributed by atoms with Gasteiger partial charge in [0.25, 0.3) is 0 Å². The second-order valence-corrected chi connectivity index (χ2v) is 0.880. The maximum absolute atomic E-state index is 9.24. The third kappa shape index (κ3) is 82.2. The van der Waals surface area contributed by atoms with Crippen molar-refractivity contribution in [1.82, 2.24) is 0 Å². The molecule has 0 rings (SSSR count). The Hall–Kier alpha value is 0.336. The van der Waals surface area contributed by atoms with E-state index in [1.165, 1.54) is 0 Å². The molecule has 56 valence electrons. The normalized spacial score (nSPS) is 6.10. The number of hydrogen-bond acceptors (Lipinski definition) is 3. The number of carboxylic acids is 1. The van der Waals surface area contributed by atoms with Gasteiger partial charge < -0.3 is 21.1 Å². The van der Waals surface area contributed by atoms with E-state index in [4.69, 9.17) is 20.1 Å². The first-order valence-corrected chi connectivity index (χ1v) is 1.84. The molecule has 0 aromatic rings. The van der Waals surface area contributed by atoms with Gasteiger partial charge in [-0.3, -0.25) is 4.79 Å². The molecule has 7 heteroatoms. The predicted molar refractivity (Wildman–Crippen MR) is 34.5 cm³/mol. The van der Waals surface area contributed by atoms with E-state index < -0.39 is 12.1 Å². The topological polar surface area (TPSA) is 121 Å². The van der Waals surface area contributed by atoms with Crippen LogP contribution in [0.25, 0.3) is 0 Å². The number of carboxylic acid groups (broad SMARTS) is 3. The second kappa shape index (κ2) is 12.1. The average molecular weight is 177 g/mol. The van der Waals surface area contributed by atoms with Gasteiger partial charge in [0.1, 0.15) is 0 Å². The summed E-state index contributed by atoms with van der Waals surface area (Å²) in [6.45, 7) is -0.278. The molecule has 0 atom stereocenters. The molecular weight excluding hydrogens is 169 g/mol. The predicted octanol–water partition coefficient (Wildman–Crippen LogP) is -1.40. The zero-order chi connectivity index (χ0) is 7.86. The van der Waals surface area contributed by atoms with Gasteiger partial charge in [-0.15, -0.1) is 0 Å². The van der Waals surface area contributed by atoms with Gasteiger partial charge in [0, 0.05) is 0 Å². The number of carbonyl (C=O) groups is 2. The van der Waals surface area contributed by atoms with Crippen LogP contribution in [0.5, 0.6) is 0 Å². The number of rotatable bonds is 1. The van der Waals surface area contributed by atoms with Gasteiger partial charge in [-0.2, -0.15) is 0 Å². The molecule has 0 radical (unpaired) electrons. The van der Waals surface area contributed by atoms with Gasteiger partial charge in [-0.25, -0.2) is 4.79 Å². The second-order valence-electron chi connectivity index (χ2n) is 0.880. The van der Waals surface area contributed by atoms with E-state index >= 15 is 0 Å². The SMILES string of the molecule is NCC(=O)O.O=C(O)O.[KH]. The van der Waals surface area contributed by atoms with Gasteiger partial charge in [0.2, 0.25) is 0 Å². The van der Waals surface area contributed by atoms with Crippen LogP contribution in [0.4, 0.5) is 4.79 Å². The summed E-state index contributed by atoms with van der Waals surface area (Å²) in [5.41, 5.74) is 4.57. The Balaban J connectivity index is -0.0000000910. The third-order valence-corrected chi connectivity index (χ3v) is 0.175. The first kappa shape index (κ1) is 16.7. The van der Waals surface area contributed by atoms with Crippen molar-refractivity contribution in [2.75, 3.05) is 6.54 Å². The molecule has 0 aliphatic heterocycles. The molecular formula is C3H8KNO5. The van der Waals surface area contributed by atoms with E-state index in [-0.39, 0.29) is 57.9 Å². The zero-order valence-corrected chi connectivity index (χ0v) is 4.44. The summed E-state index contributed by atoms with van der Waals surface area (Å²) in [4.78, 5) is 17.8. The molecule has 10 heavy (non-hydrogen) atoms. The van der Waals surface area contributed by atoms with E-state index in [1.54, 1.807) is 0 Å². The molecule has 0 aliphatic carbocycles. The first-order chi connectivity index (χ1) is 4.00. The summed E-state index contributed by atoms with van der Waals surface area (Å²) < 4.78 is 0. The van der Waals surface area contributed by atoms with Crippen molar-refractivity contribution < 1.29 is 24.9 Å². The van der Waals surface area contributed by atoms with E-state index in [2.05, 4.69) is 5.73 Å². The number of nitrogens with two attached hydrogens (primary N) is 1. The monoisotopic (exact) mass is 177 g/mol. The Morgan fingerprint density at radius 2 is 1.30 bits per heavy atom. The van der Waals surface area contributed by atoms with Crippen LogP contribution in [-0.2, 0) is 4.79 Å². The Bertz CT molecular complexity index is 101. The molecule has 0 amide bonds. The Morgan fingerprint density at radius 3 is 1.30 bits per heavy atom. The minimum absolute atomic E-state index is 0. The third-order valence-electron chi connectivity index (χ3n) is 0.175. The van der Waals surface area contributed by atoms with Crippen molar-refractivity contribution in [1.29, 1.82) is 0 Å². The Labute approximate surface area is 99.4 Å². The molecule has 0 saturated carbocycles. The molecule has 5 N–H and O–H groups in total. The van der Waals surface area contributed by atoms with Crippen LogP contribution in [-0.4, -0.2) is 85.4 Å². The van der Waals surface area contributed by atoms with Crippen LogP contribution in [0.3, 0.4) is 0 Å². The van der Waals surface area contributed by atoms with Gasteiger partial charge in [0.05, 0.1) is 6.54 Å². The van der Waals surface area contributed by atoms with E-state index in [0.717, 1.165) is 0 Å². The summed E-state index contributed by atoms with van der Waals surface area (Å²) in [7, 11) is 0. The van der Waals surface area contributed by atoms with Crippen molar-refractivity contribution in [3.05, 3.63) is 0 Å². The van der Waals surface area contributed by atoms with E-state index in [9.17, 15) is 4.79 Å². The molecule has 6 nitrogen and oxygen atoms in total. The molecule has 0 bridgehead atoms. The van der Waals surface area contributed by atoms with Crippen LogP contribution in [0.2, 0.25) is 0 Å². The molecule has 0 aromatic heterocycles. The molecule has 0 aromatic carbocycles. The molecule has 0 heterocycles. The summed E-state index contributed by atoms with van der Waals surface area (Å²) in [6, 6.07) is 0. The van der Waals surface area contributed by atoms with Crippen LogP contribution < -0.4 is 5.73 Å². The van der Waals surface area contributed by atoms with Crippen molar-refractivity contribution in [3.8, 4) is 0 Å². The van der Waals surface area contributed by atoms with Gasteiger partial charge >= 0.3 is 63.5 Å². The Kier molecular flexibility index (Phi) is 20.2. The van der Waals surface area contributed by atoms with Crippen LogP contribution in [0.15, 0.2) is 0 Å². The summed E-state index contributed by atoms with van der Waals surface area (Å²) in [6.07, 6.45) is -1.83. The van der Waals surface area contributed by atoms with Gasteiger partial charge in [-0.05, 0) is 0 Å². The van der Waals surface area contributed by atoms with Crippen LogP contribution >= 0.6 is 0 Å². The van der Waals surface area contributed by atoms with Gasteiger partial charge in [-0.1, -0.05) is 0 Å². The molecule has 0 aliphatic rings. The fourth-order valence-corrected chi connectivity index (χ4v) is 0. The standard InChI is InChI=1S/C2H5NO2.CH2O3.K.H/c3-1-2(4)5;2-1(3)4;;/h1,3H2,(H,4,5);(H2,2,3,4);;. The molecule has 0 saturated heterocycles. The quantitative estimate of drug-likeness (QED) is 0.366. The summed E-state index contributed by atoms with van der Waals surface area (Å²) >= 11 is 0. The van der Waals surface area contributed by atoms with Crippen molar-refractivity contribution in [2.24, 2.45) is 5.73 Å². The average Bonchev–Trinajstić information content (AvgIpc) is 1.65. The summed E-state index contributed by atoms with van der Waals surface area (Å²) in [5.74, 6) is -0.968. The van der Waals surface area contributed by atoms with Crippen molar-refractivity contribution in [3.63, 3.8) is 0 Å².